The lowest BCUT2D eigenvalue weighted by Gasteiger charge is -2.45. The molecule has 3 atom stereocenters. The van der Waals surface area contributed by atoms with E-state index in [0.717, 1.165) is 36.7 Å². The minimum absolute atomic E-state index is 0.0338. The summed E-state index contributed by atoms with van der Waals surface area (Å²) >= 11 is 0. The highest BCUT2D eigenvalue weighted by molar-refractivity contribution is 7.89. The Hall–Kier alpha value is -2.63. The van der Waals surface area contributed by atoms with Crippen molar-refractivity contribution in [2.24, 2.45) is 10.9 Å². The lowest BCUT2D eigenvalue weighted by molar-refractivity contribution is -0.198. The third kappa shape index (κ3) is 4.28. The fourth-order valence-electron chi connectivity index (χ4n) is 6.48. The standard InChI is InChI=1S/C28H34N4O5S/c1-21-16-29-12-9-25(21)30-13-10-27(11-14-30)18-32-26(33)17-31(19-28(32,37-27)20-36-2)38(34,35)24-8-7-22-5-3-4-6-23(22)15-24/h3-9,12,15-16,21,25H,10-11,13-14,17-20H2,1-2H3. The van der Waals surface area contributed by atoms with Gasteiger partial charge >= 0.3 is 0 Å². The SMILES string of the molecule is COCC12CN(S(=O)(=O)c3ccc4ccccc4c3)CC(=O)N1CC1(CCN(C3C=CN=CC3C)CC1)O2. The highest BCUT2D eigenvalue weighted by atomic mass is 32.2. The maximum atomic E-state index is 13.8. The number of likely N-dealkylation sites (tertiary alicyclic amines) is 1. The number of amides is 1. The molecule has 2 aromatic carbocycles. The molecule has 6 rings (SSSR count). The van der Waals surface area contributed by atoms with Crippen molar-refractivity contribution in [3.8, 4) is 0 Å². The Balaban J connectivity index is 1.24. The zero-order chi connectivity index (χ0) is 26.5. The number of benzene rings is 2. The number of ether oxygens (including phenoxy) is 2. The Bertz CT molecular complexity index is 1400. The number of nitrogens with zero attached hydrogens (tertiary/aromatic N) is 4. The summed E-state index contributed by atoms with van der Waals surface area (Å²) < 4.78 is 41.1. The molecule has 3 fully saturated rings. The number of rotatable bonds is 5. The highest BCUT2D eigenvalue weighted by Gasteiger charge is 2.61. The summed E-state index contributed by atoms with van der Waals surface area (Å²) in [6.07, 6.45) is 7.50. The average molecular weight is 539 g/mol. The molecule has 4 heterocycles. The van der Waals surface area contributed by atoms with Crippen LogP contribution in [0, 0.1) is 5.92 Å². The third-order valence-corrected chi connectivity index (χ3v) is 10.3. The second-order valence-electron chi connectivity index (χ2n) is 11.0. The van der Waals surface area contributed by atoms with Gasteiger partial charge in [0, 0.05) is 44.6 Å². The lowest BCUT2D eigenvalue weighted by atomic mass is 9.88. The van der Waals surface area contributed by atoms with E-state index < -0.39 is 21.3 Å². The first-order chi connectivity index (χ1) is 18.3. The second-order valence-corrected chi connectivity index (χ2v) is 12.9. The fraction of sp³-hybridized carbons (Fsp3) is 0.500. The molecule has 0 N–H and O–H groups in total. The zero-order valence-corrected chi connectivity index (χ0v) is 22.6. The van der Waals surface area contributed by atoms with Crippen molar-refractivity contribution in [2.45, 2.75) is 42.0 Å². The highest BCUT2D eigenvalue weighted by Crippen LogP contribution is 2.44. The number of hydrogen-bond acceptors (Lipinski definition) is 7. The van der Waals surface area contributed by atoms with E-state index in [0.29, 0.717) is 18.5 Å². The maximum Gasteiger partial charge on any atom is 0.243 e. The number of sulfonamides is 1. The summed E-state index contributed by atoms with van der Waals surface area (Å²) in [6.45, 7) is 4.21. The number of hydrogen-bond donors (Lipinski definition) is 0. The quantitative estimate of drug-likeness (QED) is 0.581. The van der Waals surface area contributed by atoms with Crippen LogP contribution in [0.5, 0.6) is 0 Å². The number of fused-ring (bicyclic) bond motifs is 2. The van der Waals surface area contributed by atoms with Crippen molar-refractivity contribution in [3.63, 3.8) is 0 Å². The second kappa shape index (κ2) is 9.53. The maximum absolute atomic E-state index is 13.8. The first kappa shape index (κ1) is 25.6. The molecule has 38 heavy (non-hydrogen) atoms. The van der Waals surface area contributed by atoms with E-state index in [2.05, 4.69) is 22.9 Å². The molecule has 1 spiro atoms. The van der Waals surface area contributed by atoms with Crippen molar-refractivity contribution in [2.75, 3.05) is 46.4 Å². The number of aliphatic imine (C=N–C) groups is 1. The Kier molecular flexibility index (Phi) is 6.43. The topological polar surface area (TPSA) is 91.8 Å². The van der Waals surface area contributed by atoms with Crippen LogP contribution in [0.3, 0.4) is 0 Å². The molecule has 4 aliphatic heterocycles. The number of piperazine rings is 1. The van der Waals surface area contributed by atoms with E-state index in [1.54, 1.807) is 30.2 Å². The Morgan fingerprint density at radius 3 is 2.61 bits per heavy atom. The van der Waals surface area contributed by atoms with Gasteiger partial charge in [0.25, 0.3) is 0 Å². The van der Waals surface area contributed by atoms with Crippen LogP contribution in [0.1, 0.15) is 19.8 Å². The smallest absolute Gasteiger partial charge is 0.243 e. The van der Waals surface area contributed by atoms with E-state index in [-0.39, 0.29) is 30.5 Å². The van der Waals surface area contributed by atoms with Crippen molar-refractivity contribution in [1.82, 2.24) is 14.1 Å². The number of carbonyl (C=O) groups excluding carboxylic acids is 1. The minimum Gasteiger partial charge on any atom is -0.380 e. The van der Waals surface area contributed by atoms with Crippen LogP contribution < -0.4 is 0 Å². The molecule has 10 heteroatoms. The van der Waals surface area contributed by atoms with Crippen LogP contribution in [0.25, 0.3) is 10.8 Å². The van der Waals surface area contributed by atoms with Gasteiger partial charge in [-0.25, -0.2) is 8.42 Å². The van der Waals surface area contributed by atoms with Gasteiger partial charge in [0.15, 0.2) is 5.72 Å². The summed E-state index contributed by atoms with van der Waals surface area (Å²) in [6, 6.07) is 13.0. The van der Waals surface area contributed by atoms with Gasteiger partial charge in [-0.05, 0) is 41.8 Å². The largest absolute Gasteiger partial charge is 0.380 e. The van der Waals surface area contributed by atoms with Crippen LogP contribution in [-0.4, -0.2) is 98.5 Å². The zero-order valence-electron chi connectivity index (χ0n) is 21.8. The first-order valence-corrected chi connectivity index (χ1v) is 14.6. The fourth-order valence-corrected chi connectivity index (χ4v) is 7.95. The van der Waals surface area contributed by atoms with Crippen LogP contribution in [-0.2, 0) is 24.3 Å². The molecule has 9 nitrogen and oxygen atoms in total. The number of carbonyl (C=O) groups is 1. The summed E-state index contributed by atoms with van der Waals surface area (Å²) in [5, 5.41) is 1.79. The molecule has 1 amide bonds. The Morgan fingerprint density at radius 2 is 1.87 bits per heavy atom. The molecule has 0 radical (unpaired) electrons. The van der Waals surface area contributed by atoms with Gasteiger partial charge in [-0.3, -0.25) is 14.7 Å². The monoisotopic (exact) mass is 538 g/mol. The average Bonchev–Trinajstić information content (AvgIpc) is 3.23. The van der Waals surface area contributed by atoms with Crippen LogP contribution in [0.15, 0.2) is 64.6 Å². The summed E-state index contributed by atoms with van der Waals surface area (Å²) in [5.74, 6) is 0.0807. The summed E-state index contributed by atoms with van der Waals surface area (Å²) in [5.41, 5.74) is -1.68. The van der Waals surface area contributed by atoms with Gasteiger partial charge < -0.3 is 14.4 Å². The van der Waals surface area contributed by atoms with Gasteiger partial charge in [0.05, 0.1) is 36.7 Å². The third-order valence-electron chi connectivity index (χ3n) is 8.47. The van der Waals surface area contributed by atoms with Crippen molar-refractivity contribution in [1.29, 1.82) is 0 Å². The number of piperidine rings is 1. The van der Waals surface area contributed by atoms with E-state index in [1.807, 2.05) is 36.7 Å². The minimum atomic E-state index is -3.93. The number of methoxy groups -OCH3 is 1. The molecule has 0 saturated carbocycles. The Labute approximate surface area is 223 Å². The van der Waals surface area contributed by atoms with E-state index in [1.165, 1.54) is 4.31 Å². The molecule has 2 aromatic rings. The molecular weight excluding hydrogens is 504 g/mol. The van der Waals surface area contributed by atoms with Crippen LogP contribution in [0.4, 0.5) is 0 Å². The molecule has 3 unspecified atom stereocenters. The van der Waals surface area contributed by atoms with Gasteiger partial charge in [0.2, 0.25) is 15.9 Å². The predicted octanol–water partition coefficient (Wildman–Crippen LogP) is 2.48. The van der Waals surface area contributed by atoms with Crippen molar-refractivity contribution < 1.29 is 22.7 Å². The molecule has 202 valence electrons. The summed E-state index contributed by atoms with van der Waals surface area (Å²) in [4.78, 5) is 22.1. The molecule has 0 aromatic heterocycles. The van der Waals surface area contributed by atoms with E-state index >= 15 is 0 Å². The lowest BCUT2D eigenvalue weighted by Crippen LogP contribution is -2.65. The first-order valence-electron chi connectivity index (χ1n) is 13.2. The Morgan fingerprint density at radius 1 is 1.11 bits per heavy atom. The van der Waals surface area contributed by atoms with Gasteiger partial charge in [0.1, 0.15) is 0 Å². The molecular formula is C28H34N4O5S. The predicted molar refractivity (Wildman–Crippen MR) is 144 cm³/mol. The molecule has 4 aliphatic rings. The van der Waals surface area contributed by atoms with Crippen LogP contribution in [0.2, 0.25) is 0 Å². The van der Waals surface area contributed by atoms with Crippen LogP contribution >= 0.6 is 0 Å². The normalized spacial score (nSPS) is 29.8. The molecule has 0 aliphatic carbocycles. The summed E-state index contributed by atoms with van der Waals surface area (Å²) in [7, 11) is -2.37. The van der Waals surface area contributed by atoms with Crippen molar-refractivity contribution in [3.05, 3.63) is 54.7 Å². The van der Waals surface area contributed by atoms with E-state index in [9.17, 15) is 13.2 Å². The van der Waals surface area contributed by atoms with E-state index in [4.69, 9.17) is 9.47 Å². The molecule has 3 saturated heterocycles. The van der Waals surface area contributed by atoms with Gasteiger partial charge in [-0.1, -0.05) is 37.3 Å². The van der Waals surface area contributed by atoms with Crippen molar-refractivity contribution >= 4 is 32.9 Å². The molecule has 0 bridgehead atoms. The van der Waals surface area contributed by atoms with Gasteiger partial charge in [-0.2, -0.15) is 4.31 Å². The van der Waals surface area contributed by atoms with Gasteiger partial charge in [-0.15, -0.1) is 0 Å².